The van der Waals surface area contributed by atoms with Crippen molar-refractivity contribution in [1.82, 2.24) is 9.55 Å². The highest BCUT2D eigenvalue weighted by Crippen LogP contribution is 2.47. The number of primary amides is 1. The van der Waals surface area contributed by atoms with E-state index in [1.54, 1.807) is 23.8 Å². The molecule has 2 amide bonds. The molecule has 1 fully saturated rings. The van der Waals surface area contributed by atoms with Gasteiger partial charge in [-0.05, 0) is 24.1 Å². The maximum Gasteiger partial charge on any atom is 0.415 e. The molecule has 0 unspecified atom stereocenters. The van der Waals surface area contributed by atoms with E-state index >= 15 is 0 Å². The number of ether oxygens (including phenoxy) is 2. The molecule has 0 spiro atoms. The Bertz CT molecular complexity index is 1010. The predicted octanol–water partition coefficient (Wildman–Crippen LogP) is 2.59. The number of carbonyl (C=O) groups excluding carboxylic acids is 2. The fraction of sp³-hybridized carbons (Fsp3) is 0.450. The largest absolute Gasteiger partial charge is 0.491 e. The van der Waals surface area contributed by atoms with E-state index in [9.17, 15) is 18.4 Å². The number of amides is 2. The first-order valence-electron chi connectivity index (χ1n) is 9.59. The number of hydrogen-bond donors (Lipinski definition) is 1. The molecule has 1 aromatic carbocycles. The fourth-order valence-electron chi connectivity index (χ4n) is 3.57. The monoisotopic (exact) mass is 420 g/mol. The van der Waals surface area contributed by atoms with E-state index in [0.29, 0.717) is 36.7 Å². The molecule has 0 saturated heterocycles. The zero-order valence-electron chi connectivity index (χ0n) is 16.6. The minimum absolute atomic E-state index is 0.110. The van der Waals surface area contributed by atoms with Crippen LogP contribution in [0.4, 0.5) is 19.4 Å². The number of anilines is 1. The van der Waals surface area contributed by atoms with E-state index in [2.05, 4.69) is 4.98 Å². The van der Waals surface area contributed by atoms with Crippen molar-refractivity contribution in [3.63, 3.8) is 0 Å². The van der Waals surface area contributed by atoms with Crippen molar-refractivity contribution in [3.8, 4) is 17.1 Å². The van der Waals surface area contributed by atoms with Gasteiger partial charge in [-0.2, -0.15) is 0 Å². The molecule has 1 aliphatic carbocycles. The van der Waals surface area contributed by atoms with Crippen molar-refractivity contribution in [3.05, 3.63) is 30.0 Å². The van der Waals surface area contributed by atoms with E-state index in [0.717, 1.165) is 17.6 Å². The van der Waals surface area contributed by atoms with Crippen molar-refractivity contribution in [2.45, 2.75) is 38.3 Å². The maximum atomic E-state index is 13.7. The molecule has 2 aliphatic rings. The molecule has 0 bridgehead atoms. The Labute approximate surface area is 171 Å². The molecule has 2 heterocycles. The van der Waals surface area contributed by atoms with E-state index < -0.39 is 24.5 Å². The highest BCUT2D eigenvalue weighted by Gasteiger charge is 2.62. The Hall–Kier alpha value is -3.17. The van der Waals surface area contributed by atoms with Gasteiger partial charge in [-0.25, -0.2) is 18.6 Å². The summed E-state index contributed by atoms with van der Waals surface area (Å²) in [5.41, 5.74) is 6.90. The number of aromatic nitrogens is 2. The zero-order valence-corrected chi connectivity index (χ0v) is 16.6. The van der Waals surface area contributed by atoms with Crippen LogP contribution in [0.25, 0.3) is 11.4 Å². The van der Waals surface area contributed by atoms with Crippen molar-refractivity contribution in [2.24, 2.45) is 11.7 Å². The van der Waals surface area contributed by atoms with Crippen LogP contribution >= 0.6 is 0 Å². The second-order valence-electron chi connectivity index (χ2n) is 7.62. The van der Waals surface area contributed by atoms with Gasteiger partial charge in [0.25, 0.3) is 5.92 Å². The van der Waals surface area contributed by atoms with Crippen LogP contribution in [0.3, 0.4) is 0 Å². The number of carbonyl (C=O) groups is 2. The number of fused-ring (bicyclic) bond motifs is 3. The highest BCUT2D eigenvalue weighted by atomic mass is 19.3. The van der Waals surface area contributed by atoms with E-state index in [4.69, 9.17) is 15.2 Å². The topological polar surface area (TPSA) is 99.7 Å². The number of nitrogens with two attached hydrogens (primary N) is 1. The van der Waals surface area contributed by atoms with Gasteiger partial charge in [-0.1, -0.05) is 13.0 Å². The molecular weight excluding hydrogens is 398 g/mol. The third-order valence-electron chi connectivity index (χ3n) is 5.39. The average molecular weight is 420 g/mol. The SMILES string of the molecule is COC(=O)N(c1cn2c(n1)-c1ccc(C[C@@H](C)C(N)=O)cc1OCC2)[C@H]1CC1(F)F. The highest BCUT2D eigenvalue weighted by molar-refractivity contribution is 5.88. The molecule has 2 atom stereocenters. The number of hydrogen-bond acceptors (Lipinski definition) is 5. The third kappa shape index (κ3) is 3.57. The first-order chi connectivity index (χ1) is 14.2. The van der Waals surface area contributed by atoms with Crippen molar-refractivity contribution in [2.75, 3.05) is 18.6 Å². The van der Waals surface area contributed by atoms with Crippen molar-refractivity contribution < 1.29 is 27.8 Å². The molecule has 10 heteroatoms. The van der Waals surface area contributed by atoms with Gasteiger partial charge >= 0.3 is 6.09 Å². The minimum Gasteiger partial charge on any atom is -0.491 e. The summed E-state index contributed by atoms with van der Waals surface area (Å²) in [4.78, 5) is 28.9. The van der Waals surface area contributed by atoms with Crippen LogP contribution in [0.1, 0.15) is 18.9 Å². The predicted molar refractivity (Wildman–Crippen MR) is 103 cm³/mol. The smallest absolute Gasteiger partial charge is 0.415 e. The summed E-state index contributed by atoms with van der Waals surface area (Å²) in [5.74, 6) is -2.48. The van der Waals surface area contributed by atoms with Gasteiger partial charge in [0.2, 0.25) is 5.91 Å². The average Bonchev–Trinajstić information content (AvgIpc) is 3.18. The first kappa shape index (κ1) is 20.1. The third-order valence-corrected chi connectivity index (χ3v) is 5.39. The quantitative estimate of drug-likeness (QED) is 0.802. The van der Waals surface area contributed by atoms with Crippen molar-refractivity contribution in [1.29, 1.82) is 0 Å². The van der Waals surface area contributed by atoms with Gasteiger partial charge in [0, 0.05) is 18.5 Å². The van der Waals surface area contributed by atoms with Crippen LogP contribution in [0.15, 0.2) is 24.4 Å². The van der Waals surface area contributed by atoms with Gasteiger partial charge < -0.3 is 19.8 Å². The van der Waals surface area contributed by atoms with Crippen LogP contribution in [0.5, 0.6) is 5.75 Å². The molecule has 0 radical (unpaired) electrons. The number of halogens is 2. The van der Waals surface area contributed by atoms with Crippen LogP contribution in [0.2, 0.25) is 0 Å². The Balaban J connectivity index is 1.69. The molecule has 2 aromatic rings. The standard InChI is InChI=1S/C20H22F2N4O4/c1-11(17(23)27)7-12-3-4-13-14(8-12)30-6-5-25-10-16(24-18(13)25)26(19(28)29-2)15-9-20(15,21)22/h3-4,8,10-11,15H,5-7,9H2,1-2H3,(H2,23,27)/t11-,15+/m1/s1. The summed E-state index contributed by atoms with van der Waals surface area (Å²) in [5, 5.41) is 0. The van der Waals surface area contributed by atoms with Gasteiger partial charge in [0.15, 0.2) is 5.82 Å². The molecule has 1 saturated carbocycles. The fourth-order valence-corrected chi connectivity index (χ4v) is 3.57. The van der Waals surface area contributed by atoms with E-state index in [1.807, 2.05) is 12.1 Å². The van der Waals surface area contributed by atoms with E-state index in [-0.39, 0.29) is 17.6 Å². The summed E-state index contributed by atoms with van der Waals surface area (Å²) >= 11 is 0. The number of rotatable bonds is 5. The van der Waals surface area contributed by atoms with Crippen LogP contribution in [-0.4, -0.2) is 47.2 Å². The molecule has 4 rings (SSSR count). The number of benzene rings is 1. The lowest BCUT2D eigenvalue weighted by atomic mass is 9.99. The van der Waals surface area contributed by atoms with Gasteiger partial charge in [-0.3, -0.25) is 9.69 Å². The van der Waals surface area contributed by atoms with Crippen LogP contribution in [-0.2, 0) is 22.5 Å². The summed E-state index contributed by atoms with van der Waals surface area (Å²) in [6.45, 7) is 2.52. The lowest BCUT2D eigenvalue weighted by Crippen LogP contribution is -2.36. The van der Waals surface area contributed by atoms with Crippen LogP contribution < -0.4 is 15.4 Å². The normalized spacial score (nSPS) is 19.5. The lowest BCUT2D eigenvalue weighted by Gasteiger charge is -2.18. The number of methoxy groups -OCH3 is 1. The first-order valence-corrected chi connectivity index (χ1v) is 9.59. The summed E-state index contributed by atoms with van der Waals surface area (Å²) < 4.78 is 39.7. The molecule has 8 nitrogen and oxygen atoms in total. The van der Waals surface area contributed by atoms with Crippen LogP contribution in [0, 0.1) is 5.92 Å². The summed E-state index contributed by atoms with van der Waals surface area (Å²) in [6.07, 6.45) is 0.726. The van der Waals surface area contributed by atoms with E-state index in [1.165, 1.54) is 0 Å². The Kier molecular flexibility index (Phi) is 4.87. The number of alkyl halides is 2. The molecule has 1 aliphatic heterocycles. The lowest BCUT2D eigenvalue weighted by molar-refractivity contribution is -0.121. The van der Waals surface area contributed by atoms with Gasteiger partial charge in [-0.15, -0.1) is 0 Å². The van der Waals surface area contributed by atoms with Gasteiger partial charge in [0.1, 0.15) is 24.2 Å². The summed E-state index contributed by atoms with van der Waals surface area (Å²) in [7, 11) is 1.15. The minimum atomic E-state index is -2.96. The Morgan fingerprint density at radius 2 is 2.20 bits per heavy atom. The molecule has 30 heavy (non-hydrogen) atoms. The molecule has 1 aromatic heterocycles. The summed E-state index contributed by atoms with van der Waals surface area (Å²) in [6, 6.07) is 4.21. The zero-order chi connectivity index (χ0) is 21.6. The maximum absolute atomic E-state index is 13.7. The number of imidazole rings is 1. The Morgan fingerprint density at radius 1 is 1.47 bits per heavy atom. The second-order valence-corrected chi connectivity index (χ2v) is 7.62. The molecule has 160 valence electrons. The molecular formula is C20H22F2N4O4. The Morgan fingerprint density at radius 3 is 2.83 bits per heavy atom. The second kappa shape index (κ2) is 7.26. The molecule has 2 N–H and O–H groups in total. The number of nitrogens with zero attached hydrogens (tertiary/aromatic N) is 3. The van der Waals surface area contributed by atoms with Gasteiger partial charge in [0.05, 0.1) is 19.2 Å². The van der Waals surface area contributed by atoms with Crippen molar-refractivity contribution >= 4 is 17.8 Å².